The molecular formula is C15H23BrN2. The van der Waals surface area contributed by atoms with Gasteiger partial charge < -0.3 is 10.2 Å². The summed E-state index contributed by atoms with van der Waals surface area (Å²) >= 11 is 3.74. The van der Waals surface area contributed by atoms with E-state index in [0.717, 1.165) is 6.54 Å². The molecule has 18 heavy (non-hydrogen) atoms. The molecule has 1 aromatic carbocycles. The first kappa shape index (κ1) is 13.9. The molecule has 1 aromatic rings. The summed E-state index contributed by atoms with van der Waals surface area (Å²) in [6.45, 7) is 5.55. The summed E-state index contributed by atoms with van der Waals surface area (Å²) in [5.41, 5.74) is 2.68. The summed E-state index contributed by atoms with van der Waals surface area (Å²) in [5, 5.41) is 3.19. The van der Waals surface area contributed by atoms with Crippen molar-refractivity contribution < 1.29 is 0 Å². The molecule has 3 heteroatoms. The van der Waals surface area contributed by atoms with E-state index in [1.165, 1.54) is 35.0 Å². The Bertz CT molecular complexity index is 405. The van der Waals surface area contributed by atoms with Gasteiger partial charge in [0, 0.05) is 23.1 Å². The van der Waals surface area contributed by atoms with Gasteiger partial charge in [0.25, 0.3) is 0 Å². The third-order valence-electron chi connectivity index (χ3n) is 3.93. The van der Waals surface area contributed by atoms with Crippen LogP contribution in [0.25, 0.3) is 0 Å². The highest BCUT2D eigenvalue weighted by atomic mass is 79.9. The molecule has 0 aromatic heterocycles. The largest absolute Gasteiger partial charge is 0.365 e. The van der Waals surface area contributed by atoms with Gasteiger partial charge in [-0.05, 0) is 66.9 Å². The van der Waals surface area contributed by atoms with Crippen LogP contribution in [-0.4, -0.2) is 19.1 Å². The summed E-state index contributed by atoms with van der Waals surface area (Å²) in [5.74, 6) is 0. The van der Waals surface area contributed by atoms with Crippen LogP contribution in [0.2, 0.25) is 0 Å². The minimum atomic E-state index is 0.654. The Balaban J connectivity index is 2.27. The molecule has 100 valence electrons. The maximum Gasteiger partial charge on any atom is 0.0515 e. The maximum absolute atomic E-state index is 3.74. The molecule has 1 N–H and O–H groups in total. The van der Waals surface area contributed by atoms with Crippen LogP contribution < -0.4 is 10.2 Å². The van der Waals surface area contributed by atoms with Gasteiger partial charge in [-0.1, -0.05) is 13.0 Å². The first-order valence-corrected chi connectivity index (χ1v) is 7.68. The zero-order chi connectivity index (χ0) is 13.1. The highest BCUT2D eigenvalue weighted by molar-refractivity contribution is 9.10. The summed E-state index contributed by atoms with van der Waals surface area (Å²) in [6, 6.07) is 8.09. The van der Waals surface area contributed by atoms with Crippen LogP contribution in [0, 0.1) is 0 Å². The lowest BCUT2D eigenvalue weighted by Crippen LogP contribution is -2.34. The maximum atomic E-state index is 3.74. The average Bonchev–Trinajstić information content (AvgIpc) is 2.71. The lowest BCUT2D eigenvalue weighted by atomic mass is 10.1. The number of nitrogens with one attached hydrogen (secondary N) is 1. The molecule has 0 bridgehead atoms. The van der Waals surface area contributed by atoms with Crippen molar-refractivity contribution in [1.82, 2.24) is 5.32 Å². The monoisotopic (exact) mass is 310 g/mol. The summed E-state index contributed by atoms with van der Waals surface area (Å²) in [7, 11) is 1.98. The Morgan fingerprint density at radius 2 is 2.17 bits per heavy atom. The number of rotatable bonds is 4. The Morgan fingerprint density at radius 1 is 1.39 bits per heavy atom. The fourth-order valence-electron chi connectivity index (χ4n) is 2.98. The first-order chi connectivity index (χ1) is 8.67. The number of hydrogen-bond acceptors (Lipinski definition) is 2. The molecule has 0 spiro atoms. The lowest BCUT2D eigenvalue weighted by Gasteiger charge is -2.31. The van der Waals surface area contributed by atoms with Gasteiger partial charge in [-0.15, -0.1) is 0 Å². The van der Waals surface area contributed by atoms with Crippen LogP contribution in [-0.2, 0) is 6.54 Å². The van der Waals surface area contributed by atoms with Crippen molar-refractivity contribution in [2.75, 3.05) is 11.9 Å². The molecule has 0 aliphatic carbocycles. The van der Waals surface area contributed by atoms with Gasteiger partial charge in [-0.25, -0.2) is 0 Å². The number of nitrogens with zero attached hydrogens (tertiary/aromatic N) is 1. The third kappa shape index (κ3) is 2.72. The van der Waals surface area contributed by atoms with E-state index in [4.69, 9.17) is 0 Å². The van der Waals surface area contributed by atoms with Crippen molar-refractivity contribution >= 4 is 21.6 Å². The summed E-state index contributed by atoms with van der Waals surface area (Å²) < 4.78 is 1.22. The molecule has 1 fully saturated rings. The second kappa shape index (κ2) is 6.07. The van der Waals surface area contributed by atoms with E-state index in [2.05, 4.69) is 58.2 Å². The van der Waals surface area contributed by atoms with E-state index < -0.39 is 0 Å². The number of benzene rings is 1. The normalized spacial score (nSPS) is 23.7. The SMILES string of the molecule is CCC1CCC(C)N1c1ccc(CNC)cc1Br. The van der Waals surface area contributed by atoms with E-state index in [9.17, 15) is 0 Å². The highest BCUT2D eigenvalue weighted by Crippen LogP contribution is 2.36. The molecule has 2 rings (SSSR count). The van der Waals surface area contributed by atoms with E-state index >= 15 is 0 Å². The Morgan fingerprint density at radius 3 is 2.78 bits per heavy atom. The standard InChI is InChI=1S/C15H23BrN2/c1-4-13-7-5-11(2)18(13)15-8-6-12(10-17-3)9-14(15)16/h6,8-9,11,13,17H,4-5,7,10H2,1-3H3. The molecule has 0 saturated carbocycles. The van der Waals surface area contributed by atoms with Gasteiger partial charge in [0.2, 0.25) is 0 Å². The lowest BCUT2D eigenvalue weighted by molar-refractivity contribution is 0.627. The average molecular weight is 311 g/mol. The molecule has 1 heterocycles. The Labute approximate surface area is 119 Å². The fourth-order valence-corrected chi connectivity index (χ4v) is 3.61. The number of anilines is 1. The fraction of sp³-hybridized carbons (Fsp3) is 0.600. The number of halogens is 1. The third-order valence-corrected chi connectivity index (χ3v) is 4.56. The van der Waals surface area contributed by atoms with Crippen molar-refractivity contribution in [2.45, 2.75) is 51.7 Å². The van der Waals surface area contributed by atoms with Crippen LogP contribution in [0.1, 0.15) is 38.7 Å². The second-order valence-electron chi connectivity index (χ2n) is 5.21. The quantitative estimate of drug-likeness (QED) is 0.906. The van der Waals surface area contributed by atoms with Crippen LogP contribution in [0.3, 0.4) is 0 Å². The molecular weight excluding hydrogens is 288 g/mol. The summed E-state index contributed by atoms with van der Waals surface area (Å²) in [6.07, 6.45) is 3.86. The van der Waals surface area contributed by atoms with Crippen molar-refractivity contribution in [1.29, 1.82) is 0 Å². The molecule has 2 atom stereocenters. The van der Waals surface area contributed by atoms with Crippen LogP contribution >= 0.6 is 15.9 Å². The van der Waals surface area contributed by atoms with Crippen molar-refractivity contribution in [3.63, 3.8) is 0 Å². The van der Waals surface area contributed by atoms with E-state index in [0.29, 0.717) is 12.1 Å². The van der Waals surface area contributed by atoms with E-state index in [-0.39, 0.29) is 0 Å². The molecule has 1 aliphatic rings. The number of hydrogen-bond donors (Lipinski definition) is 1. The van der Waals surface area contributed by atoms with Gasteiger partial charge in [0.1, 0.15) is 0 Å². The zero-order valence-electron chi connectivity index (χ0n) is 11.5. The predicted octanol–water partition coefficient (Wildman–Crippen LogP) is 3.94. The topological polar surface area (TPSA) is 15.3 Å². The molecule has 0 radical (unpaired) electrons. The molecule has 0 amide bonds. The zero-order valence-corrected chi connectivity index (χ0v) is 13.1. The van der Waals surface area contributed by atoms with Crippen molar-refractivity contribution in [3.8, 4) is 0 Å². The second-order valence-corrected chi connectivity index (χ2v) is 6.07. The molecule has 1 aliphatic heterocycles. The molecule has 2 nitrogen and oxygen atoms in total. The highest BCUT2D eigenvalue weighted by Gasteiger charge is 2.30. The van der Waals surface area contributed by atoms with Gasteiger partial charge >= 0.3 is 0 Å². The summed E-state index contributed by atoms with van der Waals surface area (Å²) in [4.78, 5) is 2.59. The molecule has 1 saturated heterocycles. The van der Waals surface area contributed by atoms with Gasteiger partial charge in [0.15, 0.2) is 0 Å². The van der Waals surface area contributed by atoms with E-state index in [1.807, 2.05) is 7.05 Å². The van der Waals surface area contributed by atoms with Gasteiger partial charge in [-0.3, -0.25) is 0 Å². The minimum Gasteiger partial charge on any atom is -0.365 e. The van der Waals surface area contributed by atoms with E-state index in [1.54, 1.807) is 0 Å². The van der Waals surface area contributed by atoms with Gasteiger partial charge in [-0.2, -0.15) is 0 Å². The molecule has 2 unspecified atom stereocenters. The van der Waals surface area contributed by atoms with Crippen molar-refractivity contribution in [2.24, 2.45) is 0 Å². The van der Waals surface area contributed by atoms with Crippen molar-refractivity contribution in [3.05, 3.63) is 28.2 Å². The van der Waals surface area contributed by atoms with Crippen LogP contribution in [0.5, 0.6) is 0 Å². The first-order valence-electron chi connectivity index (χ1n) is 6.88. The smallest absolute Gasteiger partial charge is 0.0515 e. The van der Waals surface area contributed by atoms with Crippen LogP contribution in [0.15, 0.2) is 22.7 Å². The van der Waals surface area contributed by atoms with Gasteiger partial charge in [0.05, 0.1) is 5.69 Å². The Hall–Kier alpha value is -0.540. The van der Waals surface area contributed by atoms with Crippen LogP contribution in [0.4, 0.5) is 5.69 Å². The minimum absolute atomic E-state index is 0.654. The predicted molar refractivity (Wildman–Crippen MR) is 82.2 cm³/mol. The Kier molecular flexibility index (Phi) is 4.68.